The highest BCUT2D eigenvalue weighted by atomic mass is 35.5. The Balaban J connectivity index is 1.63. The highest BCUT2D eigenvalue weighted by molar-refractivity contribution is 6.30. The molecule has 0 radical (unpaired) electrons. The van der Waals surface area contributed by atoms with Crippen molar-refractivity contribution in [2.24, 2.45) is 0 Å². The second-order valence-electron chi connectivity index (χ2n) is 5.76. The molecule has 0 aliphatic carbocycles. The third kappa shape index (κ3) is 6.85. The molecule has 0 atom stereocenters. The van der Waals surface area contributed by atoms with Crippen LogP contribution in [0.5, 0.6) is 5.75 Å². The zero-order valence-corrected chi connectivity index (χ0v) is 14.8. The van der Waals surface area contributed by atoms with E-state index in [0.717, 1.165) is 39.1 Å². The number of nitrogens with one attached hydrogen (secondary N) is 2. The van der Waals surface area contributed by atoms with E-state index in [1.165, 1.54) is 18.2 Å². The van der Waals surface area contributed by atoms with Gasteiger partial charge in [0.2, 0.25) is 5.91 Å². The molecule has 138 valence electrons. The molecule has 1 aliphatic heterocycles. The Morgan fingerprint density at radius 2 is 2.16 bits per heavy atom. The molecule has 25 heavy (non-hydrogen) atoms. The maximum absolute atomic E-state index is 11.8. The lowest BCUT2D eigenvalue weighted by Gasteiger charge is -2.27. The molecule has 8 nitrogen and oxygen atoms in total. The quantitative estimate of drug-likeness (QED) is 0.388. The first kappa shape index (κ1) is 19.4. The van der Waals surface area contributed by atoms with Crippen molar-refractivity contribution in [1.29, 1.82) is 0 Å². The molecule has 2 rings (SSSR count). The molecule has 1 amide bonds. The van der Waals surface area contributed by atoms with Gasteiger partial charge in [-0.3, -0.25) is 14.9 Å². The Hall–Kier alpha value is -1.90. The predicted octanol–water partition coefficient (Wildman–Crippen LogP) is 1.43. The molecule has 9 heteroatoms. The minimum absolute atomic E-state index is 0.0755. The van der Waals surface area contributed by atoms with Crippen LogP contribution in [-0.4, -0.2) is 61.6 Å². The van der Waals surface area contributed by atoms with Crippen LogP contribution >= 0.6 is 11.6 Å². The zero-order chi connectivity index (χ0) is 18.1. The number of nitro benzene ring substituents is 1. The van der Waals surface area contributed by atoms with Crippen LogP contribution in [0.15, 0.2) is 18.2 Å². The smallest absolute Gasteiger partial charge is 0.312 e. The molecule has 1 aromatic rings. The van der Waals surface area contributed by atoms with E-state index in [4.69, 9.17) is 16.3 Å². The molecular formula is C16H23ClN4O4. The van der Waals surface area contributed by atoms with Gasteiger partial charge in [0.15, 0.2) is 5.75 Å². The number of halogens is 1. The Bertz CT molecular complexity index is 593. The third-order valence-corrected chi connectivity index (χ3v) is 4.12. The number of amides is 1. The van der Waals surface area contributed by atoms with Crippen LogP contribution in [0.4, 0.5) is 5.69 Å². The van der Waals surface area contributed by atoms with Gasteiger partial charge in [0.05, 0.1) is 18.0 Å². The zero-order valence-electron chi connectivity index (χ0n) is 14.0. The van der Waals surface area contributed by atoms with Crippen LogP contribution in [0.2, 0.25) is 5.02 Å². The summed E-state index contributed by atoms with van der Waals surface area (Å²) in [7, 11) is 0. The van der Waals surface area contributed by atoms with Crippen molar-refractivity contribution in [1.82, 2.24) is 15.5 Å². The molecule has 0 saturated carbocycles. The first-order chi connectivity index (χ1) is 12.1. The third-order valence-electron chi connectivity index (χ3n) is 3.89. The first-order valence-electron chi connectivity index (χ1n) is 8.33. The molecule has 1 heterocycles. The minimum Gasteiger partial charge on any atom is -0.486 e. The number of ether oxygens (including phenoxy) is 1. The second-order valence-corrected chi connectivity index (χ2v) is 6.20. The molecular weight excluding hydrogens is 348 g/mol. The molecule has 0 spiro atoms. The second kappa shape index (κ2) is 10.2. The highest BCUT2D eigenvalue weighted by Crippen LogP contribution is 2.29. The van der Waals surface area contributed by atoms with E-state index < -0.39 is 4.92 Å². The van der Waals surface area contributed by atoms with Crippen LogP contribution in [0.3, 0.4) is 0 Å². The first-order valence-corrected chi connectivity index (χ1v) is 8.70. The Kier molecular flexibility index (Phi) is 7.90. The van der Waals surface area contributed by atoms with E-state index >= 15 is 0 Å². The molecule has 1 aromatic carbocycles. The van der Waals surface area contributed by atoms with Crippen LogP contribution in [-0.2, 0) is 4.79 Å². The lowest BCUT2D eigenvalue weighted by molar-refractivity contribution is -0.385. The number of nitro groups is 1. The summed E-state index contributed by atoms with van der Waals surface area (Å²) in [6.45, 7) is 5.77. The van der Waals surface area contributed by atoms with Crippen LogP contribution in [0.25, 0.3) is 0 Å². The van der Waals surface area contributed by atoms with Crippen LogP contribution in [0, 0.1) is 10.1 Å². The van der Waals surface area contributed by atoms with E-state index in [1.807, 2.05) is 0 Å². The Morgan fingerprint density at radius 1 is 1.40 bits per heavy atom. The number of rotatable bonds is 9. The highest BCUT2D eigenvalue weighted by Gasteiger charge is 2.16. The van der Waals surface area contributed by atoms with Gasteiger partial charge in [-0.05, 0) is 25.1 Å². The fourth-order valence-electron chi connectivity index (χ4n) is 2.56. The summed E-state index contributed by atoms with van der Waals surface area (Å²) in [5, 5.41) is 17.4. The van der Waals surface area contributed by atoms with Crippen LogP contribution < -0.4 is 15.4 Å². The molecule has 0 aromatic heterocycles. The van der Waals surface area contributed by atoms with Gasteiger partial charge in [-0.15, -0.1) is 0 Å². The average Bonchev–Trinajstić information content (AvgIpc) is 2.60. The van der Waals surface area contributed by atoms with Gasteiger partial charge in [-0.25, -0.2) is 0 Å². The van der Waals surface area contributed by atoms with Gasteiger partial charge in [0, 0.05) is 43.8 Å². The van der Waals surface area contributed by atoms with Gasteiger partial charge in [-0.2, -0.15) is 0 Å². The van der Waals surface area contributed by atoms with Gasteiger partial charge < -0.3 is 20.3 Å². The molecule has 1 aliphatic rings. The summed E-state index contributed by atoms with van der Waals surface area (Å²) in [4.78, 5) is 24.6. The number of hydrogen-bond acceptors (Lipinski definition) is 6. The normalized spacial score (nSPS) is 14.9. The van der Waals surface area contributed by atoms with E-state index in [2.05, 4.69) is 15.5 Å². The van der Waals surface area contributed by atoms with Crippen molar-refractivity contribution >= 4 is 23.2 Å². The summed E-state index contributed by atoms with van der Waals surface area (Å²) in [5.74, 6) is -0.0159. The minimum atomic E-state index is -0.558. The average molecular weight is 371 g/mol. The van der Waals surface area contributed by atoms with E-state index in [-0.39, 0.29) is 35.4 Å². The lowest BCUT2D eigenvalue weighted by Crippen LogP contribution is -2.44. The van der Waals surface area contributed by atoms with Crippen molar-refractivity contribution in [3.8, 4) is 5.75 Å². The molecule has 1 fully saturated rings. The lowest BCUT2D eigenvalue weighted by atomic mass is 10.3. The number of piperazine rings is 1. The number of carbonyl (C=O) groups excluding carboxylic acids is 1. The van der Waals surface area contributed by atoms with Gasteiger partial charge in [-0.1, -0.05) is 11.6 Å². The van der Waals surface area contributed by atoms with Crippen molar-refractivity contribution in [2.45, 2.75) is 12.8 Å². The van der Waals surface area contributed by atoms with E-state index in [0.29, 0.717) is 6.54 Å². The largest absolute Gasteiger partial charge is 0.486 e. The van der Waals surface area contributed by atoms with E-state index in [1.54, 1.807) is 0 Å². The number of carbonyl (C=O) groups is 1. The Labute approximate surface area is 151 Å². The molecule has 0 bridgehead atoms. The standard InChI is InChI=1S/C16H23ClN4O4/c17-13-2-3-15(14(12-13)21(23)24)25-11-4-16(22)19-5-1-8-20-9-6-18-7-10-20/h2-3,12,18H,1,4-11H2,(H,19,22). The van der Waals surface area contributed by atoms with Crippen molar-refractivity contribution < 1.29 is 14.5 Å². The summed E-state index contributed by atoms with van der Waals surface area (Å²) in [5.41, 5.74) is -0.205. The topological polar surface area (TPSA) is 96.7 Å². The fraction of sp³-hybridized carbons (Fsp3) is 0.562. The molecule has 2 N–H and O–H groups in total. The fourth-order valence-corrected chi connectivity index (χ4v) is 2.73. The number of hydrogen-bond donors (Lipinski definition) is 2. The molecule has 1 saturated heterocycles. The van der Waals surface area contributed by atoms with Gasteiger partial charge in [0.25, 0.3) is 0 Å². The monoisotopic (exact) mass is 370 g/mol. The summed E-state index contributed by atoms with van der Waals surface area (Å²) in [6.07, 6.45) is 1.04. The summed E-state index contributed by atoms with van der Waals surface area (Å²) in [6, 6.07) is 4.18. The van der Waals surface area contributed by atoms with E-state index in [9.17, 15) is 14.9 Å². The maximum atomic E-state index is 11.8. The number of benzene rings is 1. The van der Waals surface area contributed by atoms with Crippen molar-refractivity contribution in [3.05, 3.63) is 33.3 Å². The summed E-state index contributed by atoms with van der Waals surface area (Å²) < 4.78 is 5.35. The molecule has 0 unspecified atom stereocenters. The van der Waals surface area contributed by atoms with Crippen LogP contribution in [0.1, 0.15) is 12.8 Å². The van der Waals surface area contributed by atoms with Gasteiger partial charge in [0.1, 0.15) is 0 Å². The Morgan fingerprint density at radius 3 is 2.88 bits per heavy atom. The SMILES string of the molecule is O=C(CCOc1ccc(Cl)cc1[N+](=O)[O-])NCCCN1CCNCC1. The summed E-state index contributed by atoms with van der Waals surface area (Å²) >= 11 is 5.74. The number of nitrogens with zero attached hydrogens (tertiary/aromatic N) is 2. The maximum Gasteiger partial charge on any atom is 0.312 e. The predicted molar refractivity (Wildman–Crippen MR) is 95.2 cm³/mol. The van der Waals surface area contributed by atoms with Crippen molar-refractivity contribution in [3.63, 3.8) is 0 Å². The van der Waals surface area contributed by atoms with Crippen molar-refractivity contribution in [2.75, 3.05) is 45.9 Å². The van der Waals surface area contributed by atoms with Gasteiger partial charge >= 0.3 is 5.69 Å².